The third kappa shape index (κ3) is 2.95. The van der Waals surface area contributed by atoms with Gasteiger partial charge >= 0.3 is 0 Å². The fraction of sp³-hybridized carbons (Fsp3) is 0.318. The Morgan fingerprint density at radius 1 is 1.04 bits per heavy atom. The first-order valence-electron chi connectivity index (χ1n) is 9.19. The summed E-state index contributed by atoms with van der Waals surface area (Å²) in [7, 11) is 0. The summed E-state index contributed by atoms with van der Waals surface area (Å²) >= 11 is 0. The minimum atomic E-state index is -0.786. The normalized spacial score (nSPS) is 21.7. The van der Waals surface area contributed by atoms with Crippen LogP contribution in [-0.2, 0) is 4.79 Å². The number of nitrogens with zero attached hydrogens (tertiary/aromatic N) is 1. The largest absolute Gasteiger partial charge is 0.326 e. The van der Waals surface area contributed by atoms with Gasteiger partial charge in [-0.25, -0.2) is 4.39 Å². The van der Waals surface area contributed by atoms with Crippen LogP contribution in [0.4, 0.5) is 4.39 Å². The molecule has 2 aliphatic rings. The van der Waals surface area contributed by atoms with E-state index < -0.39 is 5.54 Å². The monoisotopic (exact) mass is 350 g/mol. The van der Waals surface area contributed by atoms with Crippen LogP contribution in [-0.4, -0.2) is 22.9 Å². The molecule has 1 saturated carbocycles. The van der Waals surface area contributed by atoms with Crippen LogP contribution in [0.1, 0.15) is 42.9 Å². The Labute approximate surface area is 153 Å². The first-order chi connectivity index (χ1) is 12.6. The Bertz CT molecular complexity index is 840. The maximum Gasteiger partial charge on any atom is 0.243 e. The highest BCUT2D eigenvalue weighted by Gasteiger charge is 2.43. The van der Waals surface area contributed by atoms with E-state index in [1.807, 2.05) is 47.4 Å². The molecule has 1 fully saturated rings. The van der Waals surface area contributed by atoms with E-state index in [0.717, 1.165) is 36.8 Å². The van der Waals surface area contributed by atoms with Crippen molar-refractivity contribution in [2.75, 3.05) is 6.54 Å². The number of rotatable bonds is 3. The van der Waals surface area contributed by atoms with Gasteiger partial charge in [-0.15, -0.1) is 0 Å². The molecule has 1 unspecified atom stereocenters. The number of carbonyl (C=O) groups excluding carboxylic acids is 1. The van der Waals surface area contributed by atoms with E-state index in [4.69, 9.17) is 5.73 Å². The quantitative estimate of drug-likeness (QED) is 0.907. The number of nitrogens with two attached hydrogens (primary N) is 1. The summed E-state index contributed by atoms with van der Waals surface area (Å²) in [6.07, 6.45) is 5.42. The summed E-state index contributed by atoms with van der Waals surface area (Å²) in [5, 5.41) is 0. The van der Waals surface area contributed by atoms with Crippen molar-refractivity contribution in [2.24, 2.45) is 5.73 Å². The van der Waals surface area contributed by atoms with Crippen molar-refractivity contribution < 1.29 is 9.18 Å². The van der Waals surface area contributed by atoms with Gasteiger partial charge in [-0.1, -0.05) is 67.4 Å². The summed E-state index contributed by atoms with van der Waals surface area (Å²) in [5.74, 6) is -0.283. The molecule has 134 valence electrons. The SMILES string of the molecule is NC1(C(=O)N2CC(c3ccccc3F)=CC2c2ccccc2)CCCC1. The maximum atomic E-state index is 14.3. The van der Waals surface area contributed by atoms with Crippen LogP contribution in [0.2, 0.25) is 0 Å². The molecule has 2 N–H and O–H groups in total. The van der Waals surface area contributed by atoms with Crippen molar-refractivity contribution in [3.05, 3.63) is 77.6 Å². The highest BCUT2D eigenvalue weighted by atomic mass is 19.1. The van der Waals surface area contributed by atoms with E-state index in [0.29, 0.717) is 12.1 Å². The lowest BCUT2D eigenvalue weighted by atomic mass is 9.95. The van der Waals surface area contributed by atoms with Crippen LogP contribution in [0, 0.1) is 5.82 Å². The number of hydrogen-bond donors (Lipinski definition) is 1. The molecule has 0 bridgehead atoms. The van der Waals surface area contributed by atoms with Crippen molar-refractivity contribution in [1.82, 2.24) is 4.90 Å². The third-order valence-corrected chi connectivity index (χ3v) is 5.58. The predicted octanol–water partition coefficient (Wildman–Crippen LogP) is 4.06. The number of carbonyl (C=O) groups is 1. The standard InChI is InChI=1S/C22H23FN2O/c23-19-11-5-4-10-18(19)17-14-20(16-8-2-1-3-9-16)25(15-17)21(26)22(24)12-6-7-13-22/h1-5,8-11,14,20H,6-7,12-13,15,24H2. The Morgan fingerprint density at radius 2 is 1.69 bits per heavy atom. The van der Waals surface area contributed by atoms with E-state index in [1.165, 1.54) is 6.07 Å². The summed E-state index contributed by atoms with van der Waals surface area (Å²) in [4.78, 5) is 15.1. The van der Waals surface area contributed by atoms with Gasteiger partial charge in [0.1, 0.15) is 5.82 Å². The molecule has 3 nitrogen and oxygen atoms in total. The van der Waals surface area contributed by atoms with Crippen LogP contribution in [0.25, 0.3) is 5.57 Å². The van der Waals surface area contributed by atoms with Crippen LogP contribution in [0.3, 0.4) is 0 Å². The fourth-order valence-electron chi connectivity index (χ4n) is 4.14. The van der Waals surface area contributed by atoms with Gasteiger partial charge in [-0.2, -0.15) is 0 Å². The molecule has 1 aliphatic heterocycles. The van der Waals surface area contributed by atoms with Crippen molar-refractivity contribution in [3.8, 4) is 0 Å². The molecule has 1 heterocycles. The summed E-state index contributed by atoms with van der Waals surface area (Å²) in [6.45, 7) is 0.387. The molecular formula is C22H23FN2O. The fourth-order valence-corrected chi connectivity index (χ4v) is 4.14. The van der Waals surface area contributed by atoms with E-state index >= 15 is 0 Å². The number of hydrogen-bond acceptors (Lipinski definition) is 2. The average molecular weight is 350 g/mol. The van der Waals surface area contributed by atoms with Gasteiger partial charge in [-0.05, 0) is 30.0 Å². The minimum absolute atomic E-state index is 0.0218. The van der Waals surface area contributed by atoms with Gasteiger partial charge < -0.3 is 10.6 Å². The first kappa shape index (κ1) is 17.0. The molecule has 1 amide bonds. The average Bonchev–Trinajstić information content (AvgIpc) is 3.30. The van der Waals surface area contributed by atoms with Crippen molar-refractivity contribution in [1.29, 1.82) is 0 Å². The predicted molar refractivity (Wildman–Crippen MR) is 101 cm³/mol. The Balaban J connectivity index is 1.72. The van der Waals surface area contributed by atoms with Crippen molar-refractivity contribution >= 4 is 11.5 Å². The lowest BCUT2D eigenvalue weighted by Gasteiger charge is -2.33. The first-order valence-corrected chi connectivity index (χ1v) is 9.19. The van der Waals surface area contributed by atoms with Crippen LogP contribution >= 0.6 is 0 Å². The smallest absolute Gasteiger partial charge is 0.243 e. The van der Waals surface area contributed by atoms with Crippen molar-refractivity contribution in [2.45, 2.75) is 37.3 Å². The molecule has 4 rings (SSSR count). The zero-order chi connectivity index (χ0) is 18.1. The topological polar surface area (TPSA) is 46.3 Å². The summed E-state index contributed by atoms with van der Waals surface area (Å²) < 4.78 is 14.3. The van der Waals surface area contributed by atoms with Crippen LogP contribution < -0.4 is 5.73 Å². The zero-order valence-corrected chi connectivity index (χ0v) is 14.7. The minimum Gasteiger partial charge on any atom is -0.326 e. The molecule has 0 aromatic heterocycles. The van der Waals surface area contributed by atoms with Crippen molar-refractivity contribution in [3.63, 3.8) is 0 Å². The third-order valence-electron chi connectivity index (χ3n) is 5.58. The van der Waals surface area contributed by atoms with E-state index in [1.54, 1.807) is 12.1 Å². The highest BCUT2D eigenvalue weighted by Crippen LogP contribution is 2.39. The molecule has 0 saturated heterocycles. The molecule has 4 heteroatoms. The lowest BCUT2D eigenvalue weighted by Crippen LogP contribution is -2.53. The summed E-state index contributed by atoms with van der Waals surface area (Å²) in [5.41, 5.74) is 8.08. The molecule has 0 spiro atoms. The zero-order valence-electron chi connectivity index (χ0n) is 14.7. The number of halogens is 1. The molecule has 26 heavy (non-hydrogen) atoms. The maximum absolute atomic E-state index is 14.3. The van der Waals surface area contributed by atoms with Crippen LogP contribution in [0.15, 0.2) is 60.7 Å². The molecule has 1 atom stereocenters. The lowest BCUT2D eigenvalue weighted by molar-refractivity contribution is -0.137. The second-order valence-corrected chi connectivity index (χ2v) is 7.32. The van der Waals surface area contributed by atoms with Gasteiger partial charge in [0, 0.05) is 12.1 Å². The number of amides is 1. The summed E-state index contributed by atoms with van der Waals surface area (Å²) in [6, 6.07) is 16.4. The van der Waals surface area contributed by atoms with Gasteiger partial charge in [0.2, 0.25) is 5.91 Å². The molecular weight excluding hydrogens is 327 g/mol. The van der Waals surface area contributed by atoms with Crippen LogP contribution in [0.5, 0.6) is 0 Å². The van der Waals surface area contributed by atoms with E-state index in [2.05, 4.69) is 0 Å². The van der Waals surface area contributed by atoms with Gasteiger partial charge in [0.15, 0.2) is 0 Å². The molecule has 1 aliphatic carbocycles. The molecule has 2 aromatic carbocycles. The van der Waals surface area contributed by atoms with E-state index in [9.17, 15) is 9.18 Å². The Hall–Kier alpha value is -2.46. The molecule has 2 aromatic rings. The Morgan fingerprint density at radius 3 is 2.38 bits per heavy atom. The van der Waals surface area contributed by atoms with Gasteiger partial charge in [0.25, 0.3) is 0 Å². The molecule has 0 radical (unpaired) electrons. The van der Waals surface area contributed by atoms with Gasteiger partial charge in [0.05, 0.1) is 11.6 Å². The second-order valence-electron chi connectivity index (χ2n) is 7.32. The second kappa shape index (κ2) is 6.69. The number of benzene rings is 2. The Kier molecular flexibility index (Phi) is 4.37. The van der Waals surface area contributed by atoms with E-state index in [-0.39, 0.29) is 17.8 Å². The highest BCUT2D eigenvalue weighted by molar-refractivity contribution is 5.90. The van der Waals surface area contributed by atoms with Gasteiger partial charge in [-0.3, -0.25) is 4.79 Å².